The molecule has 2 aliphatic carbocycles. The van der Waals surface area contributed by atoms with E-state index in [-0.39, 0.29) is 17.5 Å². The van der Waals surface area contributed by atoms with Crippen LogP contribution in [0.5, 0.6) is 5.75 Å². The summed E-state index contributed by atoms with van der Waals surface area (Å²) in [6.07, 6.45) is 4.70. The number of nitrogens with zero attached hydrogens (tertiary/aromatic N) is 2. The molecule has 0 spiro atoms. The van der Waals surface area contributed by atoms with E-state index >= 15 is 0 Å². The van der Waals surface area contributed by atoms with Gasteiger partial charge in [-0.2, -0.15) is 5.10 Å². The molecule has 0 aliphatic heterocycles. The van der Waals surface area contributed by atoms with E-state index in [2.05, 4.69) is 15.2 Å². The highest BCUT2D eigenvalue weighted by molar-refractivity contribution is 6.09. The lowest BCUT2D eigenvalue weighted by atomic mass is 9.82. The average molecular weight is 347 g/mol. The van der Waals surface area contributed by atoms with Gasteiger partial charge in [-0.25, -0.2) is 4.98 Å². The molecule has 3 atom stereocenters. The van der Waals surface area contributed by atoms with Crippen molar-refractivity contribution >= 4 is 16.8 Å². The molecule has 26 heavy (non-hydrogen) atoms. The van der Waals surface area contributed by atoms with Crippen molar-refractivity contribution in [3.63, 3.8) is 0 Å². The molecule has 5 heteroatoms. The summed E-state index contributed by atoms with van der Waals surface area (Å²) in [6, 6.07) is 8.82. The Bertz CT molecular complexity index is 1010. The van der Waals surface area contributed by atoms with Crippen LogP contribution in [0.3, 0.4) is 0 Å². The van der Waals surface area contributed by atoms with E-state index in [0.29, 0.717) is 11.6 Å². The van der Waals surface area contributed by atoms with Gasteiger partial charge in [0.15, 0.2) is 11.4 Å². The highest BCUT2D eigenvalue weighted by atomic mass is 16.3. The number of carbonyl (C=O) groups is 1. The molecule has 5 nitrogen and oxygen atoms in total. The van der Waals surface area contributed by atoms with Crippen LogP contribution in [0, 0.1) is 24.7 Å². The first kappa shape index (κ1) is 15.6. The molecule has 2 fully saturated rings. The van der Waals surface area contributed by atoms with Gasteiger partial charge in [0.25, 0.3) is 0 Å². The largest absolute Gasteiger partial charge is 0.508 e. The Balaban J connectivity index is 1.64. The molecule has 2 bridgehead atoms. The van der Waals surface area contributed by atoms with Crippen LogP contribution in [0.25, 0.3) is 22.3 Å². The summed E-state index contributed by atoms with van der Waals surface area (Å²) in [7, 11) is 0. The van der Waals surface area contributed by atoms with E-state index in [1.165, 1.54) is 19.3 Å². The smallest absolute Gasteiger partial charge is 0.167 e. The topological polar surface area (TPSA) is 78.9 Å². The molecular formula is C21H21N3O2. The Labute approximate surface area is 151 Å². The summed E-state index contributed by atoms with van der Waals surface area (Å²) in [4.78, 5) is 18.1. The van der Waals surface area contributed by atoms with Gasteiger partial charge in [0.1, 0.15) is 5.75 Å². The van der Waals surface area contributed by atoms with Crippen LogP contribution in [0.1, 0.15) is 41.7 Å². The van der Waals surface area contributed by atoms with E-state index in [1.54, 1.807) is 12.1 Å². The fourth-order valence-corrected chi connectivity index (χ4v) is 4.92. The second-order valence-electron chi connectivity index (χ2n) is 7.78. The second-order valence-corrected chi connectivity index (χ2v) is 7.78. The van der Waals surface area contributed by atoms with Gasteiger partial charge in [0.05, 0.1) is 16.8 Å². The number of phenols is 1. The third-order valence-electron chi connectivity index (χ3n) is 6.21. The zero-order chi connectivity index (χ0) is 17.8. The van der Waals surface area contributed by atoms with Crippen LogP contribution in [-0.4, -0.2) is 26.1 Å². The molecule has 5 rings (SSSR count). The number of rotatable bonds is 3. The molecule has 0 radical (unpaired) electrons. The summed E-state index contributed by atoms with van der Waals surface area (Å²) in [5.74, 6) is 1.87. The number of aromatic hydroxyl groups is 1. The lowest BCUT2D eigenvalue weighted by Gasteiger charge is -2.21. The average Bonchev–Trinajstić information content (AvgIpc) is 3.37. The summed E-state index contributed by atoms with van der Waals surface area (Å²) < 4.78 is 0. The van der Waals surface area contributed by atoms with Gasteiger partial charge < -0.3 is 5.11 Å². The van der Waals surface area contributed by atoms with E-state index in [0.717, 1.165) is 40.2 Å². The number of hydrogen-bond donors (Lipinski definition) is 2. The minimum absolute atomic E-state index is 0.140. The first-order valence-electron chi connectivity index (χ1n) is 9.29. The lowest BCUT2D eigenvalue weighted by Crippen LogP contribution is -2.21. The van der Waals surface area contributed by atoms with Gasteiger partial charge in [-0.15, -0.1) is 0 Å². The maximum absolute atomic E-state index is 13.4. The predicted molar refractivity (Wildman–Crippen MR) is 99.0 cm³/mol. The Hall–Kier alpha value is -2.69. The number of nitrogens with one attached hydrogen (secondary N) is 1. The molecule has 132 valence electrons. The van der Waals surface area contributed by atoms with Crippen LogP contribution in [0.4, 0.5) is 0 Å². The Kier molecular flexibility index (Phi) is 3.39. The number of Topliss-reactive ketones (excluding diaryl/α,β-unsaturated/α-hetero) is 1. The molecule has 2 N–H and O–H groups in total. The summed E-state index contributed by atoms with van der Waals surface area (Å²) in [5, 5.41) is 17.6. The summed E-state index contributed by atoms with van der Waals surface area (Å²) in [6.45, 7) is 1.92. The predicted octanol–water partition coefficient (Wildman–Crippen LogP) is 4.26. The SMILES string of the molecule is Cc1n[nH]c2nc(-c3ccc(O)cc3)cc(C(=O)C3CC4CCC3C4)c12. The molecule has 2 aromatic heterocycles. The number of aromatic nitrogens is 3. The summed E-state index contributed by atoms with van der Waals surface area (Å²) >= 11 is 0. The number of H-pyrrole nitrogens is 1. The number of aromatic amines is 1. The maximum atomic E-state index is 13.4. The van der Waals surface area contributed by atoms with Gasteiger partial charge in [-0.1, -0.05) is 6.42 Å². The lowest BCUT2D eigenvalue weighted by molar-refractivity contribution is 0.0876. The van der Waals surface area contributed by atoms with Gasteiger partial charge in [-0.3, -0.25) is 9.89 Å². The van der Waals surface area contributed by atoms with Crippen molar-refractivity contribution in [3.05, 3.63) is 41.6 Å². The number of ketones is 1. The van der Waals surface area contributed by atoms with Crippen molar-refractivity contribution in [3.8, 4) is 17.0 Å². The van der Waals surface area contributed by atoms with Gasteiger partial charge >= 0.3 is 0 Å². The van der Waals surface area contributed by atoms with Crippen molar-refractivity contribution in [1.82, 2.24) is 15.2 Å². The van der Waals surface area contributed by atoms with E-state index in [9.17, 15) is 9.90 Å². The number of phenolic OH excluding ortho intramolecular Hbond substituents is 1. The molecule has 3 aromatic rings. The number of aryl methyl sites for hydroxylation is 1. The van der Waals surface area contributed by atoms with Crippen molar-refractivity contribution in [1.29, 1.82) is 0 Å². The Morgan fingerprint density at radius 2 is 2.00 bits per heavy atom. The van der Waals surface area contributed by atoms with Crippen molar-refractivity contribution < 1.29 is 9.90 Å². The monoisotopic (exact) mass is 347 g/mol. The number of fused-ring (bicyclic) bond motifs is 3. The van der Waals surface area contributed by atoms with E-state index < -0.39 is 0 Å². The zero-order valence-corrected chi connectivity index (χ0v) is 14.7. The van der Waals surface area contributed by atoms with Crippen LogP contribution in [-0.2, 0) is 0 Å². The van der Waals surface area contributed by atoms with Crippen LogP contribution >= 0.6 is 0 Å². The molecular weight excluding hydrogens is 326 g/mol. The molecule has 0 saturated heterocycles. The third kappa shape index (κ3) is 2.34. The molecule has 2 heterocycles. The highest BCUT2D eigenvalue weighted by Crippen LogP contribution is 2.49. The van der Waals surface area contributed by atoms with E-state index in [4.69, 9.17) is 0 Å². The quantitative estimate of drug-likeness (QED) is 0.694. The zero-order valence-electron chi connectivity index (χ0n) is 14.7. The van der Waals surface area contributed by atoms with E-state index in [1.807, 2.05) is 25.1 Å². The normalized spacial score (nSPS) is 24.4. The van der Waals surface area contributed by atoms with Crippen LogP contribution in [0.2, 0.25) is 0 Å². The van der Waals surface area contributed by atoms with Gasteiger partial charge in [-0.05, 0) is 68.4 Å². The number of hydrogen-bond acceptors (Lipinski definition) is 4. The fraction of sp³-hybridized carbons (Fsp3) is 0.381. The minimum atomic E-state index is 0.140. The summed E-state index contributed by atoms with van der Waals surface area (Å²) in [5.41, 5.74) is 3.81. The molecule has 3 unspecified atom stereocenters. The van der Waals surface area contributed by atoms with Crippen molar-refractivity contribution in [2.24, 2.45) is 17.8 Å². The Morgan fingerprint density at radius 1 is 1.19 bits per heavy atom. The minimum Gasteiger partial charge on any atom is -0.508 e. The van der Waals surface area contributed by atoms with Crippen LogP contribution < -0.4 is 0 Å². The number of benzene rings is 1. The maximum Gasteiger partial charge on any atom is 0.167 e. The Morgan fingerprint density at radius 3 is 2.69 bits per heavy atom. The fourth-order valence-electron chi connectivity index (χ4n) is 4.92. The molecule has 1 aromatic carbocycles. The highest BCUT2D eigenvalue weighted by Gasteiger charge is 2.43. The van der Waals surface area contributed by atoms with Gasteiger partial charge in [0.2, 0.25) is 0 Å². The number of carbonyl (C=O) groups excluding carboxylic acids is 1. The van der Waals surface area contributed by atoms with Gasteiger partial charge in [0, 0.05) is 17.0 Å². The molecule has 2 saturated carbocycles. The second kappa shape index (κ2) is 5.66. The molecule has 2 aliphatic rings. The van der Waals surface area contributed by atoms with Crippen LogP contribution in [0.15, 0.2) is 30.3 Å². The first-order valence-corrected chi connectivity index (χ1v) is 9.29. The van der Waals surface area contributed by atoms with Crippen molar-refractivity contribution in [2.75, 3.05) is 0 Å². The van der Waals surface area contributed by atoms with Crippen molar-refractivity contribution in [2.45, 2.75) is 32.6 Å². The third-order valence-corrected chi connectivity index (χ3v) is 6.21. The molecule has 0 amide bonds. The standard InChI is InChI=1S/C21H21N3O2/c1-11-19-17(20(26)16-9-12-2-3-14(16)8-12)10-18(22-21(19)24-23-11)13-4-6-15(25)7-5-13/h4-7,10,12,14,16,25H,2-3,8-9H2,1H3,(H,22,23,24). The first-order chi connectivity index (χ1) is 12.6. The number of pyridine rings is 1.